The normalized spacial score (nSPS) is 14.8. The summed E-state index contributed by atoms with van der Waals surface area (Å²) in [6.07, 6.45) is 1.69. The molecule has 6 nitrogen and oxygen atoms in total. The van der Waals surface area contributed by atoms with Crippen LogP contribution in [0, 0.1) is 0 Å². The van der Waals surface area contributed by atoms with Gasteiger partial charge in [-0.15, -0.1) is 10.2 Å². The van der Waals surface area contributed by atoms with Gasteiger partial charge in [-0.2, -0.15) is 0 Å². The smallest absolute Gasteiger partial charge is 0.253 e. The number of piperazine rings is 1. The highest BCUT2D eigenvalue weighted by Crippen LogP contribution is 2.29. The van der Waals surface area contributed by atoms with Gasteiger partial charge in [0.2, 0.25) is 0 Å². The first kappa shape index (κ1) is 27.3. The van der Waals surface area contributed by atoms with Crippen LogP contribution in [0.2, 0.25) is 5.15 Å². The van der Waals surface area contributed by atoms with Crippen molar-refractivity contribution in [2.45, 2.75) is 54.5 Å². The predicted octanol–water partition coefficient (Wildman–Crippen LogP) is 6.11. The fourth-order valence-electron chi connectivity index (χ4n) is 3.37. The number of hydrogen-bond donors (Lipinski definition) is 0. The van der Waals surface area contributed by atoms with E-state index >= 15 is 0 Å². The minimum absolute atomic E-state index is 0.0609. The van der Waals surface area contributed by atoms with Gasteiger partial charge in [0, 0.05) is 42.8 Å². The SMILES string of the molecule is CC.CC.CC.CC1CN(C(=O)c2ccccc2)CCN1c1nnc(Cl)c2ncccc12. The highest BCUT2D eigenvalue weighted by molar-refractivity contribution is 6.34. The molecule has 4 rings (SSSR count). The molecule has 1 unspecified atom stereocenters. The molecule has 174 valence electrons. The molecule has 1 fully saturated rings. The Hall–Kier alpha value is -2.73. The second kappa shape index (κ2) is 14.4. The zero-order valence-corrected chi connectivity index (χ0v) is 21.1. The van der Waals surface area contributed by atoms with E-state index in [-0.39, 0.29) is 11.9 Å². The summed E-state index contributed by atoms with van der Waals surface area (Å²) in [6, 6.07) is 13.3. The Labute approximate surface area is 197 Å². The third kappa shape index (κ3) is 6.39. The minimum Gasteiger partial charge on any atom is -0.348 e. The van der Waals surface area contributed by atoms with Gasteiger partial charge in [0.15, 0.2) is 11.0 Å². The van der Waals surface area contributed by atoms with E-state index in [9.17, 15) is 4.79 Å². The van der Waals surface area contributed by atoms with E-state index < -0.39 is 0 Å². The molecular weight excluding hydrogens is 422 g/mol. The van der Waals surface area contributed by atoms with Gasteiger partial charge in [-0.25, -0.2) is 0 Å². The number of anilines is 1. The molecule has 1 atom stereocenters. The van der Waals surface area contributed by atoms with Gasteiger partial charge in [-0.05, 0) is 31.2 Å². The van der Waals surface area contributed by atoms with Crippen LogP contribution < -0.4 is 4.90 Å². The number of fused-ring (bicyclic) bond motifs is 1. The summed E-state index contributed by atoms with van der Waals surface area (Å²) in [5.74, 6) is 0.822. The molecule has 1 amide bonds. The molecule has 1 saturated heterocycles. The third-order valence-corrected chi connectivity index (χ3v) is 4.94. The van der Waals surface area contributed by atoms with Crippen molar-refractivity contribution < 1.29 is 4.79 Å². The average molecular weight is 458 g/mol. The van der Waals surface area contributed by atoms with Crippen LogP contribution in [-0.4, -0.2) is 51.7 Å². The summed E-state index contributed by atoms with van der Waals surface area (Å²) in [7, 11) is 0. The topological polar surface area (TPSA) is 62.2 Å². The first-order valence-electron chi connectivity index (χ1n) is 11.5. The molecule has 3 aromatic rings. The van der Waals surface area contributed by atoms with Crippen LogP contribution in [0.25, 0.3) is 10.9 Å². The molecule has 0 bridgehead atoms. The van der Waals surface area contributed by atoms with Crippen LogP contribution in [0.3, 0.4) is 0 Å². The van der Waals surface area contributed by atoms with Crippen molar-refractivity contribution in [1.29, 1.82) is 0 Å². The number of benzene rings is 1. The van der Waals surface area contributed by atoms with Crippen molar-refractivity contribution >= 4 is 34.2 Å². The first-order chi connectivity index (χ1) is 15.6. The van der Waals surface area contributed by atoms with Crippen molar-refractivity contribution in [3.8, 4) is 0 Å². The van der Waals surface area contributed by atoms with E-state index in [1.54, 1.807) is 6.20 Å². The number of carbonyl (C=O) groups is 1. The molecule has 32 heavy (non-hydrogen) atoms. The Morgan fingerprint density at radius 3 is 2.22 bits per heavy atom. The molecule has 3 heterocycles. The Morgan fingerprint density at radius 2 is 1.59 bits per heavy atom. The van der Waals surface area contributed by atoms with Crippen molar-refractivity contribution in [3.05, 3.63) is 59.4 Å². The van der Waals surface area contributed by atoms with Crippen LogP contribution in [0.15, 0.2) is 48.7 Å². The monoisotopic (exact) mass is 457 g/mol. The molecule has 2 aromatic heterocycles. The predicted molar refractivity (Wildman–Crippen MR) is 136 cm³/mol. The standard InChI is InChI=1S/C19H18ClN5O.3C2H6/c1-13-12-24(19(26)14-6-3-2-4-7-14)10-11-25(13)18-15-8-5-9-21-16(15)17(20)22-23-18;3*1-2/h2-9,13H,10-12H2,1H3;3*1-2H3. The van der Waals surface area contributed by atoms with E-state index in [1.165, 1.54) is 0 Å². The van der Waals surface area contributed by atoms with Gasteiger partial charge in [0.1, 0.15) is 5.52 Å². The number of rotatable bonds is 2. The minimum atomic E-state index is 0.0609. The summed E-state index contributed by atoms with van der Waals surface area (Å²) in [6.45, 7) is 16.0. The molecule has 0 aliphatic carbocycles. The molecule has 1 aromatic carbocycles. The summed E-state index contributed by atoms with van der Waals surface area (Å²) >= 11 is 6.13. The molecule has 7 heteroatoms. The Balaban J connectivity index is 0.000000789. The summed E-state index contributed by atoms with van der Waals surface area (Å²) < 4.78 is 0. The van der Waals surface area contributed by atoms with Crippen LogP contribution in [-0.2, 0) is 0 Å². The Bertz CT molecular complexity index is 951. The van der Waals surface area contributed by atoms with Crippen molar-refractivity contribution in [2.75, 3.05) is 24.5 Å². The van der Waals surface area contributed by atoms with Crippen LogP contribution in [0.1, 0.15) is 58.8 Å². The number of amides is 1. The summed E-state index contributed by atoms with van der Waals surface area (Å²) in [5, 5.41) is 9.54. The second-order valence-corrected chi connectivity index (χ2v) is 6.73. The molecule has 0 spiro atoms. The largest absolute Gasteiger partial charge is 0.348 e. The second-order valence-electron chi connectivity index (χ2n) is 6.37. The lowest BCUT2D eigenvalue weighted by Gasteiger charge is -2.40. The van der Waals surface area contributed by atoms with Gasteiger partial charge in [-0.1, -0.05) is 71.3 Å². The van der Waals surface area contributed by atoms with Crippen LogP contribution in [0.4, 0.5) is 5.82 Å². The quantitative estimate of drug-likeness (QED) is 0.464. The lowest BCUT2D eigenvalue weighted by atomic mass is 10.1. The number of halogens is 1. The van der Waals surface area contributed by atoms with Crippen molar-refractivity contribution in [1.82, 2.24) is 20.1 Å². The average Bonchev–Trinajstić information content (AvgIpc) is 2.88. The van der Waals surface area contributed by atoms with E-state index in [0.717, 1.165) is 11.2 Å². The molecular formula is C25H36ClN5O. The maximum atomic E-state index is 12.7. The highest BCUT2D eigenvalue weighted by atomic mass is 35.5. The fourth-order valence-corrected chi connectivity index (χ4v) is 3.56. The van der Waals surface area contributed by atoms with E-state index in [2.05, 4.69) is 27.0 Å². The molecule has 0 radical (unpaired) electrons. The summed E-state index contributed by atoms with van der Waals surface area (Å²) in [5.41, 5.74) is 1.36. The molecule has 0 N–H and O–H groups in total. The molecule has 1 aliphatic rings. The van der Waals surface area contributed by atoms with Gasteiger partial charge in [0.05, 0.1) is 0 Å². The van der Waals surface area contributed by atoms with E-state index in [0.29, 0.717) is 35.9 Å². The number of hydrogen-bond acceptors (Lipinski definition) is 5. The lowest BCUT2D eigenvalue weighted by Crippen LogP contribution is -2.54. The first-order valence-corrected chi connectivity index (χ1v) is 11.9. The number of pyridine rings is 1. The van der Waals surface area contributed by atoms with E-state index in [1.807, 2.05) is 88.9 Å². The molecule has 0 saturated carbocycles. The lowest BCUT2D eigenvalue weighted by molar-refractivity contribution is 0.0726. The van der Waals surface area contributed by atoms with Gasteiger partial charge >= 0.3 is 0 Å². The highest BCUT2D eigenvalue weighted by Gasteiger charge is 2.29. The number of aromatic nitrogens is 3. The van der Waals surface area contributed by atoms with Gasteiger partial charge in [0.25, 0.3) is 5.91 Å². The van der Waals surface area contributed by atoms with Crippen LogP contribution >= 0.6 is 11.6 Å². The Morgan fingerprint density at radius 1 is 0.938 bits per heavy atom. The van der Waals surface area contributed by atoms with Gasteiger partial charge in [-0.3, -0.25) is 9.78 Å². The number of carbonyl (C=O) groups excluding carboxylic acids is 1. The van der Waals surface area contributed by atoms with Crippen LogP contribution in [0.5, 0.6) is 0 Å². The van der Waals surface area contributed by atoms with Crippen molar-refractivity contribution in [3.63, 3.8) is 0 Å². The maximum Gasteiger partial charge on any atom is 0.253 e. The maximum absolute atomic E-state index is 12.7. The summed E-state index contributed by atoms with van der Waals surface area (Å²) in [4.78, 5) is 21.1. The van der Waals surface area contributed by atoms with Crippen molar-refractivity contribution in [2.24, 2.45) is 0 Å². The third-order valence-electron chi connectivity index (χ3n) is 4.68. The zero-order valence-electron chi connectivity index (χ0n) is 20.3. The fraction of sp³-hybridized carbons (Fsp3) is 0.440. The van der Waals surface area contributed by atoms with E-state index in [4.69, 9.17) is 11.6 Å². The van der Waals surface area contributed by atoms with Gasteiger partial charge < -0.3 is 9.80 Å². The Kier molecular flexibility index (Phi) is 12.2. The zero-order chi connectivity index (χ0) is 24.1. The molecule has 1 aliphatic heterocycles. The number of nitrogens with zero attached hydrogens (tertiary/aromatic N) is 5.